The molecule has 0 radical (unpaired) electrons. The summed E-state index contributed by atoms with van der Waals surface area (Å²) in [7, 11) is 1.66. The summed E-state index contributed by atoms with van der Waals surface area (Å²) >= 11 is 0. The van der Waals surface area contributed by atoms with Crippen molar-refractivity contribution in [3.8, 4) is 0 Å². The number of hydrogen-bond acceptors (Lipinski definition) is 3. The van der Waals surface area contributed by atoms with E-state index < -0.39 is 5.82 Å². The molecule has 0 aliphatic rings. The fraction of sp³-hybridized carbons (Fsp3) is 0.133. The predicted molar refractivity (Wildman–Crippen MR) is 77.4 cm³/mol. The zero-order valence-electron chi connectivity index (χ0n) is 11.4. The Labute approximate surface area is 121 Å². The SMILES string of the molecule is CN(Cc1cccc(/C(N)=N/O)c1F)c1ccccc1F. The minimum Gasteiger partial charge on any atom is -0.409 e. The smallest absolute Gasteiger partial charge is 0.173 e. The number of nitrogens with zero attached hydrogens (tertiary/aromatic N) is 2. The quantitative estimate of drug-likeness (QED) is 0.394. The van der Waals surface area contributed by atoms with Crippen LogP contribution >= 0.6 is 0 Å². The number of para-hydroxylation sites is 1. The molecule has 0 unspecified atom stereocenters. The number of hydrogen-bond donors (Lipinski definition) is 2. The second kappa shape index (κ2) is 6.21. The summed E-state index contributed by atoms with van der Waals surface area (Å²) in [6, 6.07) is 10.8. The molecule has 0 spiro atoms. The zero-order valence-corrected chi connectivity index (χ0v) is 11.4. The van der Waals surface area contributed by atoms with E-state index in [1.54, 1.807) is 42.3 Å². The number of halogens is 2. The van der Waals surface area contributed by atoms with E-state index in [4.69, 9.17) is 10.9 Å². The van der Waals surface area contributed by atoms with Crippen LogP contribution in [0.3, 0.4) is 0 Å². The summed E-state index contributed by atoms with van der Waals surface area (Å²) < 4.78 is 28.0. The maximum absolute atomic E-state index is 14.3. The van der Waals surface area contributed by atoms with Crippen molar-refractivity contribution in [2.75, 3.05) is 11.9 Å². The second-order valence-corrected chi connectivity index (χ2v) is 4.57. The van der Waals surface area contributed by atoms with Gasteiger partial charge >= 0.3 is 0 Å². The first-order valence-corrected chi connectivity index (χ1v) is 6.25. The standard InChI is InChI=1S/C15H15F2N3O/c1-20(13-8-3-2-7-12(13)16)9-10-5-4-6-11(14(10)17)15(18)19-21/h2-8,21H,9H2,1H3,(H2,18,19). The highest BCUT2D eigenvalue weighted by Gasteiger charge is 2.14. The summed E-state index contributed by atoms with van der Waals surface area (Å²) in [6.07, 6.45) is 0. The lowest BCUT2D eigenvalue weighted by molar-refractivity contribution is 0.318. The molecule has 0 heterocycles. The lowest BCUT2D eigenvalue weighted by Gasteiger charge is -2.20. The van der Waals surface area contributed by atoms with Crippen LogP contribution < -0.4 is 10.6 Å². The lowest BCUT2D eigenvalue weighted by atomic mass is 10.1. The van der Waals surface area contributed by atoms with Crippen LogP contribution in [0.2, 0.25) is 0 Å². The van der Waals surface area contributed by atoms with E-state index in [0.717, 1.165) is 0 Å². The fourth-order valence-electron chi connectivity index (χ4n) is 2.06. The van der Waals surface area contributed by atoms with Crippen molar-refractivity contribution in [3.05, 3.63) is 65.2 Å². The number of amidine groups is 1. The van der Waals surface area contributed by atoms with Crippen molar-refractivity contribution in [2.24, 2.45) is 10.9 Å². The molecule has 0 atom stereocenters. The van der Waals surface area contributed by atoms with Crippen molar-refractivity contribution in [3.63, 3.8) is 0 Å². The largest absolute Gasteiger partial charge is 0.409 e. The van der Waals surface area contributed by atoms with E-state index >= 15 is 0 Å². The first kappa shape index (κ1) is 14.8. The van der Waals surface area contributed by atoms with Gasteiger partial charge in [-0.15, -0.1) is 0 Å². The second-order valence-electron chi connectivity index (χ2n) is 4.57. The highest BCUT2D eigenvalue weighted by Crippen LogP contribution is 2.21. The molecule has 2 rings (SSSR count). The minimum atomic E-state index is -0.587. The predicted octanol–water partition coefficient (Wildman–Crippen LogP) is 2.70. The third-order valence-electron chi connectivity index (χ3n) is 3.13. The van der Waals surface area contributed by atoms with Gasteiger partial charge in [0.1, 0.15) is 11.6 Å². The van der Waals surface area contributed by atoms with Gasteiger partial charge in [-0.25, -0.2) is 8.78 Å². The number of nitrogens with two attached hydrogens (primary N) is 1. The van der Waals surface area contributed by atoms with E-state index in [0.29, 0.717) is 11.3 Å². The molecule has 4 nitrogen and oxygen atoms in total. The highest BCUT2D eigenvalue weighted by atomic mass is 19.1. The number of benzene rings is 2. The average Bonchev–Trinajstić information content (AvgIpc) is 2.49. The van der Waals surface area contributed by atoms with Gasteiger partial charge in [-0.1, -0.05) is 29.4 Å². The van der Waals surface area contributed by atoms with E-state index in [9.17, 15) is 8.78 Å². The third-order valence-corrected chi connectivity index (χ3v) is 3.13. The van der Waals surface area contributed by atoms with Crippen molar-refractivity contribution >= 4 is 11.5 Å². The van der Waals surface area contributed by atoms with E-state index in [-0.39, 0.29) is 23.8 Å². The van der Waals surface area contributed by atoms with Gasteiger partial charge in [-0.05, 0) is 18.2 Å². The average molecular weight is 291 g/mol. The Morgan fingerprint density at radius 2 is 1.90 bits per heavy atom. The first-order valence-electron chi connectivity index (χ1n) is 6.25. The van der Waals surface area contributed by atoms with Crippen LogP contribution in [0.5, 0.6) is 0 Å². The van der Waals surface area contributed by atoms with Crippen molar-refractivity contribution in [2.45, 2.75) is 6.54 Å². The van der Waals surface area contributed by atoms with Crippen LogP contribution in [0, 0.1) is 11.6 Å². The van der Waals surface area contributed by atoms with Crippen LogP contribution in [-0.4, -0.2) is 18.1 Å². The summed E-state index contributed by atoms with van der Waals surface area (Å²) in [4.78, 5) is 1.59. The molecule has 2 aromatic rings. The zero-order chi connectivity index (χ0) is 15.4. The Hall–Kier alpha value is -2.63. The highest BCUT2D eigenvalue weighted by molar-refractivity contribution is 5.97. The molecule has 2 aromatic carbocycles. The van der Waals surface area contributed by atoms with Gasteiger partial charge in [0.25, 0.3) is 0 Å². The molecule has 0 saturated heterocycles. The molecule has 6 heteroatoms. The molecule has 0 aromatic heterocycles. The van der Waals surface area contributed by atoms with Crippen molar-refractivity contribution < 1.29 is 14.0 Å². The van der Waals surface area contributed by atoms with Gasteiger partial charge in [-0.2, -0.15) is 0 Å². The Morgan fingerprint density at radius 1 is 1.19 bits per heavy atom. The number of anilines is 1. The fourth-order valence-corrected chi connectivity index (χ4v) is 2.06. The number of rotatable bonds is 4. The normalized spacial score (nSPS) is 11.5. The van der Waals surface area contributed by atoms with Gasteiger partial charge in [0, 0.05) is 19.2 Å². The summed E-state index contributed by atoms with van der Waals surface area (Å²) in [6.45, 7) is 0.152. The minimum absolute atomic E-state index is 0.0110. The van der Waals surface area contributed by atoms with Crippen LogP contribution in [0.25, 0.3) is 0 Å². The molecule has 0 aliphatic heterocycles. The van der Waals surface area contributed by atoms with Gasteiger partial charge in [0.05, 0.1) is 11.3 Å². The van der Waals surface area contributed by atoms with Gasteiger partial charge in [-0.3, -0.25) is 0 Å². The molecule has 0 aliphatic carbocycles. The molecule has 0 saturated carbocycles. The molecular formula is C15H15F2N3O. The molecule has 0 amide bonds. The van der Waals surface area contributed by atoms with E-state index in [1.165, 1.54) is 12.1 Å². The summed E-state index contributed by atoms with van der Waals surface area (Å²) in [5.41, 5.74) is 6.12. The molecular weight excluding hydrogens is 276 g/mol. The lowest BCUT2D eigenvalue weighted by Crippen LogP contribution is -2.21. The van der Waals surface area contributed by atoms with Gasteiger partial charge in [0.2, 0.25) is 0 Å². The van der Waals surface area contributed by atoms with E-state index in [2.05, 4.69) is 5.16 Å². The topological polar surface area (TPSA) is 61.8 Å². The Morgan fingerprint density at radius 3 is 2.57 bits per heavy atom. The third kappa shape index (κ3) is 3.10. The maximum Gasteiger partial charge on any atom is 0.173 e. The molecule has 21 heavy (non-hydrogen) atoms. The summed E-state index contributed by atoms with van der Waals surface area (Å²) in [5.74, 6) is -1.27. The Bertz CT molecular complexity index is 674. The van der Waals surface area contributed by atoms with Crippen molar-refractivity contribution in [1.82, 2.24) is 0 Å². The molecule has 110 valence electrons. The molecule has 0 bridgehead atoms. The Balaban J connectivity index is 2.30. The Kier molecular flexibility index (Phi) is 4.37. The van der Waals surface area contributed by atoms with E-state index in [1.807, 2.05) is 0 Å². The van der Waals surface area contributed by atoms with Crippen LogP contribution in [0.1, 0.15) is 11.1 Å². The maximum atomic E-state index is 14.3. The summed E-state index contributed by atoms with van der Waals surface area (Å²) in [5, 5.41) is 11.4. The van der Waals surface area contributed by atoms with Crippen LogP contribution in [0.15, 0.2) is 47.6 Å². The van der Waals surface area contributed by atoms with Gasteiger partial charge in [0.15, 0.2) is 5.84 Å². The van der Waals surface area contributed by atoms with Crippen LogP contribution in [0.4, 0.5) is 14.5 Å². The molecule has 0 fully saturated rings. The monoisotopic (exact) mass is 291 g/mol. The molecule has 3 N–H and O–H groups in total. The first-order chi connectivity index (χ1) is 10.0. The van der Waals surface area contributed by atoms with Crippen LogP contribution in [-0.2, 0) is 6.54 Å². The number of oxime groups is 1. The van der Waals surface area contributed by atoms with Gasteiger partial charge < -0.3 is 15.8 Å². The van der Waals surface area contributed by atoms with Crippen molar-refractivity contribution in [1.29, 1.82) is 0 Å².